The average Bonchev–Trinajstić information content (AvgIpc) is 2.51. The number of nitrogens with two attached hydrogens (primary N) is 1. The lowest BCUT2D eigenvalue weighted by Crippen LogP contribution is -2.40. The molecule has 0 saturated carbocycles. The molecule has 1 amide bonds. The monoisotopic (exact) mass is 225 g/mol. The van der Waals surface area contributed by atoms with Crippen molar-refractivity contribution < 1.29 is 4.79 Å². The summed E-state index contributed by atoms with van der Waals surface area (Å²) in [6.07, 6.45) is 4.62. The van der Waals surface area contributed by atoms with E-state index in [0.717, 1.165) is 32.6 Å². The van der Waals surface area contributed by atoms with Crippen LogP contribution in [-0.2, 0) is 4.79 Å². The Balaban J connectivity index is 1.94. The second-order valence-electron chi connectivity index (χ2n) is 5.48. The van der Waals surface area contributed by atoms with Crippen LogP contribution in [0.15, 0.2) is 0 Å². The van der Waals surface area contributed by atoms with E-state index in [9.17, 15) is 4.79 Å². The van der Waals surface area contributed by atoms with Crippen molar-refractivity contribution in [3.8, 4) is 0 Å². The van der Waals surface area contributed by atoms with Crippen LogP contribution in [0.5, 0.6) is 0 Å². The van der Waals surface area contributed by atoms with Gasteiger partial charge in [0.25, 0.3) is 0 Å². The second-order valence-corrected chi connectivity index (χ2v) is 5.48. The maximum atomic E-state index is 11.4. The highest BCUT2D eigenvalue weighted by molar-refractivity contribution is 5.81. The van der Waals surface area contributed by atoms with Gasteiger partial charge < -0.3 is 11.1 Å². The minimum atomic E-state index is -0.292. The lowest BCUT2D eigenvalue weighted by atomic mass is 9.89. The summed E-state index contributed by atoms with van der Waals surface area (Å²) < 4.78 is 0. The lowest BCUT2D eigenvalue weighted by Gasteiger charge is -2.28. The van der Waals surface area contributed by atoms with Crippen molar-refractivity contribution in [2.24, 2.45) is 11.1 Å². The van der Waals surface area contributed by atoms with Crippen LogP contribution in [0.25, 0.3) is 0 Å². The Morgan fingerprint density at radius 3 is 2.94 bits per heavy atom. The average molecular weight is 225 g/mol. The zero-order chi connectivity index (χ0) is 11.6. The summed E-state index contributed by atoms with van der Waals surface area (Å²) in [5.41, 5.74) is 5.18. The molecule has 92 valence electrons. The molecular formula is C12H23N3O. The van der Waals surface area contributed by atoms with E-state index in [2.05, 4.69) is 10.2 Å². The Bertz CT molecular complexity index is 261. The molecule has 0 aromatic heterocycles. The van der Waals surface area contributed by atoms with Gasteiger partial charge in [0.2, 0.25) is 5.91 Å². The molecule has 2 unspecified atom stereocenters. The molecule has 2 aliphatic rings. The van der Waals surface area contributed by atoms with E-state index in [1.165, 1.54) is 19.3 Å². The molecule has 2 atom stereocenters. The van der Waals surface area contributed by atoms with E-state index in [-0.39, 0.29) is 11.3 Å². The first-order valence-corrected chi connectivity index (χ1v) is 6.36. The number of likely N-dealkylation sites (tertiary alicyclic amines) is 1. The molecule has 4 heteroatoms. The third kappa shape index (κ3) is 2.38. The Labute approximate surface area is 97.6 Å². The van der Waals surface area contributed by atoms with Gasteiger partial charge in [0.15, 0.2) is 0 Å². The standard InChI is InChI=1S/C12H23N3O/c1-12(11(13)16)5-8-15(9-12)10-3-2-6-14-7-4-10/h10,14H,2-9H2,1H3,(H2,13,16). The normalized spacial score (nSPS) is 37.2. The Morgan fingerprint density at radius 2 is 2.25 bits per heavy atom. The first-order chi connectivity index (χ1) is 7.62. The third-order valence-electron chi connectivity index (χ3n) is 4.16. The number of hydrogen-bond acceptors (Lipinski definition) is 3. The molecule has 0 spiro atoms. The van der Waals surface area contributed by atoms with Crippen LogP contribution in [0, 0.1) is 5.41 Å². The van der Waals surface area contributed by atoms with E-state index in [4.69, 9.17) is 5.73 Å². The van der Waals surface area contributed by atoms with Crippen molar-refractivity contribution >= 4 is 5.91 Å². The van der Waals surface area contributed by atoms with Crippen LogP contribution in [0.2, 0.25) is 0 Å². The zero-order valence-electron chi connectivity index (χ0n) is 10.2. The zero-order valence-corrected chi connectivity index (χ0v) is 10.2. The first-order valence-electron chi connectivity index (χ1n) is 6.36. The smallest absolute Gasteiger partial charge is 0.224 e. The van der Waals surface area contributed by atoms with E-state index in [1.54, 1.807) is 0 Å². The van der Waals surface area contributed by atoms with Crippen molar-refractivity contribution in [2.75, 3.05) is 26.2 Å². The van der Waals surface area contributed by atoms with Gasteiger partial charge in [0.1, 0.15) is 0 Å². The number of rotatable bonds is 2. The SMILES string of the molecule is CC1(C(N)=O)CCN(C2CCCNCC2)C1. The van der Waals surface area contributed by atoms with Crippen LogP contribution >= 0.6 is 0 Å². The van der Waals surface area contributed by atoms with Crippen LogP contribution in [-0.4, -0.2) is 43.0 Å². The fraction of sp³-hybridized carbons (Fsp3) is 0.917. The number of carbonyl (C=O) groups excluding carboxylic acids is 1. The van der Waals surface area contributed by atoms with Gasteiger partial charge in [-0.05, 0) is 52.2 Å². The summed E-state index contributed by atoms with van der Waals surface area (Å²) in [5.74, 6) is -0.137. The Morgan fingerprint density at radius 1 is 1.44 bits per heavy atom. The third-order valence-corrected chi connectivity index (χ3v) is 4.16. The van der Waals surface area contributed by atoms with Gasteiger partial charge in [-0.3, -0.25) is 9.69 Å². The highest BCUT2D eigenvalue weighted by atomic mass is 16.1. The molecule has 0 aliphatic carbocycles. The van der Waals surface area contributed by atoms with Gasteiger partial charge in [-0.15, -0.1) is 0 Å². The topological polar surface area (TPSA) is 58.4 Å². The molecule has 0 bridgehead atoms. The van der Waals surface area contributed by atoms with Crippen molar-refractivity contribution in [3.05, 3.63) is 0 Å². The van der Waals surface area contributed by atoms with Crippen molar-refractivity contribution in [1.82, 2.24) is 10.2 Å². The summed E-state index contributed by atoms with van der Waals surface area (Å²) in [7, 11) is 0. The first kappa shape index (κ1) is 11.9. The fourth-order valence-electron chi connectivity index (χ4n) is 2.88. The van der Waals surface area contributed by atoms with Crippen LogP contribution < -0.4 is 11.1 Å². The molecule has 0 radical (unpaired) electrons. The molecule has 0 aromatic carbocycles. The summed E-state index contributed by atoms with van der Waals surface area (Å²) in [5, 5.41) is 3.43. The van der Waals surface area contributed by atoms with Crippen LogP contribution in [0.3, 0.4) is 0 Å². The quantitative estimate of drug-likeness (QED) is 0.712. The van der Waals surface area contributed by atoms with Gasteiger partial charge in [-0.1, -0.05) is 0 Å². The van der Waals surface area contributed by atoms with Crippen LogP contribution in [0.1, 0.15) is 32.6 Å². The molecule has 0 aromatic rings. The molecule has 2 rings (SSSR count). The highest BCUT2D eigenvalue weighted by Gasteiger charge is 2.40. The molecule has 4 nitrogen and oxygen atoms in total. The lowest BCUT2D eigenvalue weighted by molar-refractivity contribution is -0.126. The van der Waals surface area contributed by atoms with Gasteiger partial charge in [0.05, 0.1) is 5.41 Å². The predicted octanol–water partition coefficient (Wildman–Crippen LogP) is 0.326. The molecule has 16 heavy (non-hydrogen) atoms. The Kier molecular flexibility index (Phi) is 3.50. The van der Waals surface area contributed by atoms with E-state index in [1.807, 2.05) is 6.92 Å². The maximum absolute atomic E-state index is 11.4. The maximum Gasteiger partial charge on any atom is 0.224 e. The van der Waals surface area contributed by atoms with E-state index in [0.29, 0.717) is 6.04 Å². The molecule has 2 heterocycles. The fourth-order valence-corrected chi connectivity index (χ4v) is 2.88. The molecule has 2 fully saturated rings. The minimum absolute atomic E-state index is 0.137. The summed E-state index contributed by atoms with van der Waals surface area (Å²) in [6, 6.07) is 0.649. The number of carbonyl (C=O) groups is 1. The number of nitrogens with one attached hydrogen (secondary N) is 1. The van der Waals surface area contributed by atoms with Gasteiger partial charge >= 0.3 is 0 Å². The number of primary amides is 1. The summed E-state index contributed by atoms with van der Waals surface area (Å²) in [4.78, 5) is 13.9. The molecular weight excluding hydrogens is 202 g/mol. The van der Waals surface area contributed by atoms with Crippen molar-refractivity contribution in [2.45, 2.75) is 38.6 Å². The minimum Gasteiger partial charge on any atom is -0.369 e. The number of nitrogens with zero attached hydrogens (tertiary/aromatic N) is 1. The molecule has 3 N–H and O–H groups in total. The largest absolute Gasteiger partial charge is 0.369 e. The molecule has 2 saturated heterocycles. The number of amides is 1. The van der Waals surface area contributed by atoms with Crippen molar-refractivity contribution in [1.29, 1.82) is 0 Å². The highest BCUT2D eigenvalue weighted by Crippen LogP contribution is 2.32. The van der Waals surface area contributed by atoms with Gasteiger partial charge in [0, 0.05) is 12.6 Å². The molecule has 2 aliphatic heterocycles. The summed E-state index contributed by atoms with van der Waals surface area (Å²) >= 11 is 0. The predicted molar refractivity (Wildman–Crippen MR) is 64.0 cm³/mol. The van der Waals surface area contributed by atoms with Gasteiger partial charge in [-0.2, -0.15) is 0 Å². The second kappa shape index (κ2) is 4.72. The Hall–Kier alpha value is -0.610. The van der Waals surface area contributed by atoms with Crippen molar-refractivity contribution in [3.63, 3.8) is 0 Å². The number of hydrogen-bond donors (Lipinski definition) is 2. The van der Waals surface area contributed by atoms with Gasteiger partial charge in [-0.25, -0.2) is 0 Å². The summed E-state index contributed by atoms with van der Waals surface area (Å²) in [6.45, 7) is 6.13. The van der Waals surface area contributed by atoms with E-state index >= 15 is 0 Å². The van der Waals surface area contributed by atoms with Crippen LogP contribution in [0.4, 0.5) is 0 Å². The van der Waals surface area contributed by atoms with E-state index < -0.39 is 0 Å².